The Morgan fingerprint density at radius 3 is 2.61 bits per heavy atom. The van der Waals surface area contributed by atoms with Crippen LogP contribution < -0.4 is 15.1 Å². The Kier molecular flexibility index (Phi) is 5.07. The first-order chi connectivity index (χ1) is 13.6. The van der Waals surface area contributed by atoms with Crippen LogP contribution in [0.1, 0.15) is 11.1 Å². The summed E-state index contributed by atoms with van der Waals surface area (Å²) in [5, 5.41) is 0.918. The van der Waals surface area contributed by atoms with Crippen LogP contribution in [0.5, 0.6) is 11.5 Å². The molecule has 146 valence electrons. The van der Waals surface area contributed by atoms with Gasteiger partial charge >= 0.3 is 5.63 Å². The second-order valence-corrected chi connectivity index (χ2v) is 6.86. The van der Waals surface area contributed by atoms with E-state index in [4.69, 9.17) is 18.6 Å². The van der Waals surface area contributed by atoms with Crippen LogP contribution in [0, 0.1) is 6.92 Å². The number of rotatable bonds is 5. The highest BCUT2D eigenvalue weighted by molar-refractivity contribution is 5.90. The summed E-state index contributed by atoms with van der Waals surface area (Å²) in [6.45, 7) is 4.47. The molecule has 0 saturated carbocycles. The van der Waals surface area contributed by atoms with Crippen molar-refractivity contribution in [3.05, 3.63) is 57.9 Å². The molecule has 0 N–H and O–H groups in total. The lowest BCUT2D eigenvalue weighted by atomic mass is 9.97. The van der Waals surface area contributed by atoms with Crippen LogP contribution in [0.15, 0.2) is 45.6 Å². The van der Waals surface area contributed by atoms with Gasteiger partial charge in [0.05, 0.1) is 24.8 Å². The number of ether oxygens (including phenoxy) is 3. The molecule has 0 spiro atoms. The zero-order valence-corrected chi connectivity index (χ0v) is 16.3. The minimum absolute atomic E-state index is 0.349. The van der Waals surface area contributed by atoms with Crippen molar-refractivity contribution >= 4 is 11.0 Å². The van der Waals surface area contributed by atoms with E-state index in [-0.39, 0.29) is 5.63 Å². The van der Waals surface area contributed by atoms with E-state index in [1.807, 2.05) is 43.3 Å². The third kappa shape index (κ3) is 3.25. The largest absolute Gasteiger partial charge is 0.497 e. The summed E-state index contributed by atoms with van der Waals surface area (Å²) in [5.41, 5.74) is 3.43. The Morgan fingerprint density at radius 1 is 1.11 bits per heavy atom. The van der Waals surface area contributed by atoms with E-state index < -0.39 is 0 Å². The van der Waals surface area contributed by atoms with Gasteiger partial charge in [0.25, 0.3) is 0 Å². The Balaban J connectivity index is 1.81. The topological polar surface area (TPSA) is 61.1 Å². The molecule has 6 nitrogen and oxygen atoms in total. The Bertz CT molecular complexity index is 1060. The molecule has 28 heavy (non-hydrogen) atoms. The average Bonchev–Trinajstić information content (AvgIpc) is 2.72. The Hall–Kier alpha value is -2.83. The van der Waals surface area contributed by atoms with Gasteiger partial charge in [-0.2, -0.15) is 0 Å². The SMILES string of the molecule is COCCN1COc2ccc3c(C)c(-c4ccc(OC)cc4)c(=O)oc3c2C1. The standard InChI is InChI=1S/C22H23NO5/c1-14-17-8-9-19-18(12-23(13-27-19)10-11-25-2)21(17)28-22(24)20(14)15-4-6-16(26-3)7-5-15/h4-9H,10-13H2,1-3H3. The second kappa shape index (κ2) is 7.66. The first-order valence-corrected chi connectivity index (χ1v) is 9.20. The van der Waals surface area contributed by atoms with Crippen molar-refractivity contribution in [1.29, 1.82) is 0 Å². The molecule has 0 amide bonds. The molecule has 1 aliphatic heterocycles. The molecule has 0 bridgehead atoms. The second-order valence-electron chi connectivity index (χ2n) is 6.86. The quantitative estimate of drug-likeness (QED) is 0.630. The maximum Gasteiger partial charge on any atom is 0.344 e. The summed E-state index contributed by atoms with van der Waals surface area (Å²) in [7, 11) is 3.29. The number of benzene rings is 2. The number of nitrogens with zero attached hydrogens (tertiary/aromatic N) is 1. The molecule has 0 fully saturated rings. The van der Waals surface area contributed by atoms with Crippen LogP contribution in [0.25, 0.3) is 22.1 Å². The van der Waals surface area contributed by atoms with E-state index >= 15 is 0 Å². The first-order valence-electron chi connectivity index (χ1n) is 9.20. The summed E-state index contributed by atoms with van der Waals surface area (Å²) in [6.07, 6.45) is 0. The highest BCUT2D eigenvalue weighted by Gasteiger charge is 2.23. The minimum Gasteiger partial charge on any atom is -0.497 e. The Morgan fingerprint density at radius 2 is 1.89 bits per heavy atom. The van der Waals surface area contributed by atoms with Crippen LogP contribution in [-0.4, -0.2) is 39.0 Å². The Labute approximate surface area is 163 Å². The molecule has 4 rings (SSSR count). The average molecular weight is 381 g/mol. The number of fused-ring (bicyclic) bond motifs is 3. The van der Waals surface area contributed by atoms with Gasteiger partial charge < -0.3 is 18.6 Å². The minimum atomic E-state index is -0.349. The molecular formula is C22H23NO5. The highest BCUT2D eigenvalue weighted by atomic mass is 16.5. The van der Waals surface area contributed by atoms with Crippen LogP contribution in [-0.2, 0) is 11.3 Å². The van der Waals surface area contributed by atoms with E-state index in [2.05, 4.69) is 4.90 Å². The fourth-order valence-corrected chi connectivity index (χ4v) is 3.62. The van der Waals surface area contributed by atoms with Crippen molar-refractivity contribution in [2.24, 2.45) is 0 Å². The fraction of sp³-hybridized carbons (Fsp3) is 0.318. The number of hydrogen-bond donors (Lipinski definition) is 0. The third-order valence-electron chi connectivity index (χ3n) is 5.17. The summed E-state index contributed by atoms with van der Waals surface area (Å²) in [4.78, 5) is 15.0. The predicted octanol–water partition coefficient (Wildman–Crippen LogP) is 3.58. The molecule has 0 atom stereocenters. The van der Waals surface area contributed by atoms with Crippen molar-refractivity contribution in [3.63, 3.8) is 0 Å². The lowest BCUT2D eigenvalue weighted by Gasteiger charge is -2.29. The van der Waals surface area contributed by atoms with E-state index in [9.17, 15) is 4.79 Å². The summed E-state index contributed by atoms with van der Waals surface area (Å²) in [5.74, 6) is 1.51. The lowest BCUT2D eigenvalue weighted by Crippen LogP contribution is -2.34. The summed E-state index contributed by atoms with van der Waals surface area (Å²) < 4.78 is 22.0. The molecular weight excluding hydrogens is 358 g/mol. The van der Waals surface area contributed by atoms with Crippen molar-refractivity contribution in [2.45, 2.75) is 13.5 Å². The van der Waals surface area contributed by atoms with Gasteiger partial charge in [-0.05, 0) is 42.3 Å². The van der Waals surface area contributed by atoms with Crippen molar-refractivity contribution in [3.8, 4) is 22.6 Å². The normalized spacial score (nSPS) is 14.0. The van der Waals surface area contributed by atoms with E-state index in [1.165, 1.54) is 0 Å². The van der Waals surface area contributed by atoms with Crippen LogP contribution in [0.2, 0.25) is 0 Å². The van der Waals surface area contributed by atoms with Gasteiger partial charge in [-0.3, -0.25) is 4.90 Å². The van der Waals surface area contributed by atoms with Crippen molar-refractivity contribution in [2.75, 3.05) is 34.1 Å². The number of methoxy groups -OCH3 is 2. The van der Waals surface area contributed by atoms with Gasteiger partial charge in [-0.1, -0.05) is 12.1 Å². The third-order valence-corrected chi connectivity index (χ3v) is 5.17. The maximum absolute atomic E-state index is 12.9. The molecule has 0 saturated heterocycles. The van der Waals surface area contributed by atoms with Crippen molar-refractivity contribution in [1.82, 2.24) is 4.90 Å². The van der Waals surface area contributed by atoms with Crippen LogP contribution in [0.3, 0.4) is 0 Å². The zero-order valence-electron chi connectivity index (χ0n) is 16.3. The van der Waals surface area contributed by atoms with Gasteiger partial charge in [-0.25, -0.2) is 4.79 Å². The van der Waals surface area contributed by atoms with Crippen molar-refractivity contribution < 1.29 is 18.6 Å². The number of aryl methyl sites for hydroxylation is 1. The fourth-order valence-electron chi connectivity index (χ4n) is 3.62. The lowest BCUT2D eigenvalue weighted by molar-refractivity contribution is 0.0658. The maximum atomic E-state index is 12.9. The molecule has 1 aromatic heterocycles. The molecule has 1 aliphatic rings. The molecule has 0 radical (unpaired) electrons. The number of hydrogen-bond acceptors (Lipinski definition) is 6. The van der Waals surface area contributed by atoms with Gasteiger partial charge in [0.15, 0.2) is 0 Å². The highest BCUT2D eigenvalue weighted by Crippen LogP contribution is 2.35. The van der Waals surface area contributed by atoms with E-state index in [1.54, 1.807) is 14.2 Å². The van der Waals surface area contributed by atoms with Crippen LogP contribution in [0.4, 0.5) is 0 Å². The van der Waals surface area contributed by atoms with E-state index in [0.717, 1.165) is 40.1 Å². The molecule has 2 heterocycles. The predicted molar refractivity (Wildman–Crippen MR) is 107 cm³/mol. The molecule has 3 aromatic rings. The van der Waals surface area contributed by atoms with Gasteiger partial charge in [0.1, 0.15) is 23.8 Å². The molecule has 6 heteroatoms. The summed E-state index contributed by atoms with van der Waals surface area (Å²) in [6, 6.07) is 11.3. The smallest absolute Gasteiger partial charge is 0.344 e. The molecule has 0 aliphatic carbocycles. The molecule has 0 unspecified atom stereocenters. The zero-order chi connectivity index (χ0) is 19.7. The van der Waals surface area contributed by atoms with Gasteiger partial charge in [0.2, 0.25) is 0 Å². The van der Waals surface area contributed by atoms with Gasteiger partial charge in [-0.15, -0.1) is 0 Å². The van der Waals surface area contributed by atoms with Gasteiger partial charge in [0, 0.05) is 25.6 Å². The summed E-state index contributed by atoms with van der Waals surface area (Å²) >= 11 is 0. The van der Waals surface area contributed by atoms with E-state index in [0.29, 0.717) is 31.0 Å². The monoisotopic (exact) mass is 381 g/mol. The first kappa shape index (κ1) is 18.5. The van der Waals surface area contributed by atoms with Crippen LogP contribution >= 0.6 is 0 Å². The molecule has 2 aromatic carbocycles.